The van der Waals surface area contributed by atoms with Crippen molar-refractivity contribution < 1.29 is 9.53 Å². The highest BCUT2D eigenvalue weighted by Crippen LogP contribution is 2.18. The average molecular weight is 335 g/mol. The molecule has 4 rings (SSSR count). The molecule has 25 heavy (non-hydrogen) atoms. The number of ether oxygens (including phenoxy) is 1. The zero-order chi connectivity index (χ0) is 17.1. The Balaban J connectivity index is 1.39. The first-order chi connectivity index (χ1) is 12.3. The van der Waals surface area contributed by atoms with Crippen molar-refractivity contribution in [3.63, 3.8) is 0 Å². The second-order valence-corrected chi connectivity index (χ2v) is 6.39. The van der Waals surface area contributed by atoms with E-state index < -0.39 is 0 Å². The molecule has 1 atom stereocenters. The molecule has 2 aromatic carbocycles. The Morgan fingerprint density at radius 2 is 2.04 bits per heavy atom. The summed E-state index contributed by atoms with van der Waals surface area (Å²) >= 11 is 0. The monoisotopic (exact) mass is 335 g/mol. The van der Waals surface area contributed by atoms with E-state index >= 15 is 0 Å². The fourth-order valence-electron chi connectivity index (χ4n) is 3.22. The van der Waals surface area contributed by atoms with E-state index in [4.69, 9.17) is 4.74 Å². The molecular formula is C20H21N3O2. The topological polar surface area (TPSA) is 56.1 Å². The maximum absolute atomic E-state index is 12.0. The Kier molecular flexibility index (Phi) is 4.48. The van der Waals surface area contributed by atoms with Crippen molar-refractivity contribution in [3.8, 4) is 5.69 Å². The minimum atomic E-state index is 0.0524. The summed E-state index contributed by atoms with van der Waals surface area (Å²) in [6.07, 6.45) is 4.43. The van der Waals surface area contributed by atoms with Crippen LogP contribution >= 0.6 is 0 Å². The maximum atomic E-state index is 12.0. The minimum absolute atomic E-state index is 0.0524. The molecular weight excluding hydrogens is 314 g/mol. The van der Waals surface area contributed by atoms with Crippen molar-refractivity contribution in [3.05, 3.63) is 60.4 Å². The normalized spacial score (nSPS) is 17.0. The van der Waals surface area contributed by atoms with Crippen molar-refractivity contribution in [2.45, 2.75) is 31.9 Å². The second kappa shape index (κ2) is 7.07. The number of para-hydroxylation sites is 2. The van der Waals surface area contributed by atoms with Crippen molar-refractivity contribution in [2.24, 2.45) is 0 Å². The number of nitrogens with zero attached hydrogens (tertiary/aromatic N) is 2. The number of hydrogen-bond donors (Lipinski definition) is 1. The molecule has 0 radical (unpaired) electrons. The van der Waals surface area contributed by atoms with E-state index in [0.717, 1.165) is 41.7 Å². The van der Waals surface area contributed by atoms with Crippen LogP contribution in [0.1, 0.15) is 24.8 Å². The Morgan fingerprint density at radius 1 is 1.20 bits per heavy atom. The van der Waals surface area contributed by atoms with Crippen LogP contribution in [-0.4, -0.2) is 28.2 Å². The van der Waals surface area contributed by atoms with Gasteiger partial charge < -0.3 is 10.1 Å². The van der Waals surface area contributed by atoms with Crippen LogP contribution in [0.25, 0.3) is 16.7 Å². The summed E-state index contributed by atoms with van der Waals surface area (Å²) in [4.78, 5) is 16.4. The fourth-order valence-corrected chi connectivity index (χ4v) is 3.22. The summed E-state index contributed by atoms with van der Waals surface area (Å²) in [7, 11) is 0. The zero-order valence-electron chi connectivity index (χ0n) is 14.0. The van der Waals surface area contributed by atoms with E-state index in [0.29, 0.717) is 13.0 Å². The molecule has 1 aliphatic heterocycles. The zero-order valence-corrected chi connectivity index (χ0v) is 14.0. The Morgan fingerprint density at radius 3 is 2.84 bits per heavy atom. The van der Waals surface area contributed by atoms with Crippen LogP contribution in [0.2, 0.25) is 0 Å². The Bertz CT molecular complexity index is 864. The number of imidazole rings is 1. The van der Waals surface area contributed by atoms with Gasteiger partial charge in [0.15, 0.2) is 0 Å². The average Bonchev–Trinajstić information content (AvgIpc) is 3.30. The number of nitrogens with one attached hydrogen (secondary N) is 1. The first kappa shape index (κ1) is 15.8. The number of benzene rings is 2. The van der Waals surface area contributed by atoms with E-state index in [-0.39, 0.29) is 12.0 Å². The summed E-state index contributed by atoms with van der Waals surface area (Å²) in [5, 5.41) is 2.97. The number of amides is 1. The molecule has 0 bridgehead atoms. The molecule has 5 nitrogen and oxygen atoms in total. The van der Waals surface area contributed by atoms with Gasteiger partial charge in [0.05, 0.1) is 23.6 Å². The van der Waals surface area contributed by atoms with Crippen LogP contribution in [0.4, 0.5) is 0 Å². The van der Waals surface area contributed by atoms with Gasteiger partial charge in [-0.05, 0) is 42.7 Å². The van der Waals surface area contributed by atoms with Gasteiger partial charge in [-0.3, -0.25) is 9.36 Å². The summed E-state index contributed by atoms with van der Waals surface area (Å²) in [5.41, 5.74) is 4.20. The number of hydrogen-bond acceptors (Lipinski definition) is 3. The third-order valence-corrected chi connectivity index (χ3v) is 4.59. The van der Waals surface area contributed by atoms with Crippen LogP contribution in [0, 0.1) is 0 Å². The van der Waals surface area contributed by atoms with Gasteiger partial charge in [0.2, 0.25) is 5.91 Å². The molecule has 1 aromatic heterocycles. The van der Waals surface area contributed by atoms with Gasteiger partial charge >= 0.3 is 0 Å². The summed E-state index contributed by atoms with van der Waals surface area (Å²) < 4.78 is 7.56. The molecule has 1 saturated heterocycles. The minimum Gasteiger partial charge on any atom is -0.378 e. The smallest absolute Gasteiger partial charge is 0.222 e. The number of rotatable bonds is 5. The standard InChI is InChI=1S/C20H21N3O2/c24-20(12-17-4-3-11-25-17)21-13-15-7-9-16(10-8-15)23-14-22-18-5-1-2-6-19(18)23/h1-2,5-10,14,17H,3-4,11-13H2,(H,21,24)/t17-/m1/s1. The number of fused-ring (bicyclic) bond motifs is 1. The predicted molar refractivity (Wildman–Crippen MR) is 96.5 cm³/mol. The first-order valence-corrected chi connectivity index (χ1v) is 8.69. The molecule has 0 unspecified atom stereocenters. The first-order valence-electron chi connectivity index (χ1n) is 8.69. The molecule has 128 valence electrons. The summed E-state index contributed by atoms with van der Waals surface area (Å²) in [6, 6.07) is 16.2. The number of carbonyl (C=O) groups excluding carboxylic acids is 1. The predicted octanol–water partition coefficient (Wildman–Crippen LogP) is 3.21. The van der Waals surface area contributed by atoms with Gasteiger partial charge in [0.1, 0.15) is 6.33 Å². The highest BCUT2D eigenvalue weighted by Gasteiger charge is 2.18. The van der Waals surface area contributed by atoms with Gasteiger partial charge in [-0.2, -0.15) is 0 Å². The summed E-state index contributed by atoms with van der Waals surface area (Å²) in [5.74, 6) is 0.0524. The van der Waals surface area contributed by atoms with Gasteiger partial charge in [-0.15, -0.1) is 0 Å². The molecule has 3 aromatic rings. The molecule has 0 saturated carbocycles. The van der Waals surface area contributed by atoms with Gasteiger partial charge in [-0.1, -0.05) is 24.3 Å². The molecule has 2 heterocycles. The largest absolute Gasteiger partial charge is 0.378 e. The van der Waals surface area contributed by atoms with Crippen molar-refractivity contribution in [1.29, 1.82) is 0 Å². The van der Waals surface area contributed by atoms with Gasteiger partial charge in [0, 0.05) is 18.8 Å². The van der Waals surface area contributed by atoms with Crippen LogP contribution in [0.3, 0.4) is 0 Å². The van der Waals surface area contributed by atoms with E-state index in [2.05, 4.69) is 33.1 Å². The van der Waals surface area contributed by atoms with Crippen LogP contribution < -0.4 is 5.32 Å². The molecule has 5 heteroatoms. The number of aromatic nitrogens is 2. The Hall–Kier alpha value is -2.66. The lowest BCUT2D eigenvalue weighted by molar-refractivity contribution is -0.123. The molecule has 0 spiro atoms. The highest BCUT2D eigenvalue weighted by atomic mass is 16.5. The van der Waals surface area contributed by atoms with Gasteiger partial charge in [0.25, 0.3) is 0 Å². The maximum Gasteiger partial charge on any atom is 0.222 e. The third-order valence-electron chi connectivity index (χ3n) is 4.59. The second-order valence-electron chi connectivity index (χ2n) is 6.39. The van der Waals surface area contributed by atoms with E-state index in [1.807, 2.05) is 36.7 Å². The highest BCUT2D eigenvalue weighted by molar-refractivity contribution is 5.77. The SMILES string of the molecule is O=C(C[C@H]1CCCO1)NCc1ccc(-n2cnc3ccccc32)cc1. The van der Waals surface area contributed by atoms with Crippen molar-refractivity contribution >= 4 is 16.9 Å². The summed E-state index contributed by atoms with van der Waals surface area (Å²) in [6.45, 7) is 1.32. The third kappa shape index (κ3) is 3.56. The fraction of sp³-hybridized carbons (Fsp3) is 0.300. The lowest BCUT2D eigenvalue weighted by Gasteiger charge is -2.10. The van der Waals surface area contributed by atoms with E-state index in [1.54, 1.807) is 0 Å². The molecule has 0 aliphatic carbocycles. The van der Waals surface area contributed by atoms with Crippen molar-refractivity contribution in [2.75, 3.05) is 6.61 Å². The molecule has 1 aliphatic rings. The molecule has 1 fully saturated rings. The quantitative estimate of drug-likeness (QED) is 0.779. The lowest BCUT2D eigenvalue weighted by Crippen LogP contribution is -2.26. The van der Waals surface area contributed by atoms with Crippen LogP contribution in [0.15, 0.2) is 54.9 Å². The van der Waals surface area contributed by atoms with E-state index in [9.17, 15) is 4.79 Å². The molecule has 1 N–H and O–H groups in total. The van der Waals surface area contributed by atoms with Crippen molar-refractivity contribution in [1.82, 2.24) is 14.9 Å². The van der Waals surface area contributed by atoms with Gasteiger partial charge in [-0.25, -0.2) is 4.98 Å². The van der Waals surface area contributed by atoms with E-state index in [1.165, 1.54) is 0 Å². The Labute approximate surface area is 146 Å². The van der Waals surface area contributed by atoms with Crippen LogP contribution in [-0.2, 0) is 16.1 Å². The van der Waals surface area contributed by atoms with Crippen LogP contribution in [0.5, 0.6) is 0 Å². The number of carbonyl (C=O) groups is 1. The lowest BCUT2D eigenvalue weighted by atomic mass is 10.1. The molecule has 1 amide bonds.